The molecule has 0 atom stereocenters. The van der Waals surface area contributed by atoms with Crippen LogP contribution in [0.25, 0.3) is 11.1 Å². The summed E-state index contributed by atoms with van der Waals surface area (Å²) < 4.78 is 0. The summed E-state index contributed by atoms with van der Waals surface area (Å²) in [6, 6.07) is 18.1. The third-order valence-electron chi connectivity index (χ3n) is 3.20. The van der Waals surface area contributed by atoms with Gasteiger partial charge in [-0.3, -0.25) is 6.08 Å². The summed E-state index contributed by atoms with van der Waals surface area (Å²) in [5.41, 5.74) is 5.51. The second kappa shape index (κ2) is 15.9. The minimum Gasteiger partial charge on any atom is -0.358 e. The van der Waals surface area contributed by atoms with Gasteiger partial charge in [0.1, 0.15) is 0 Å². The number of allylic oxidation sites excluding steroid dienone is 4. The topological polar surface area (TPSA) is 0 Å². The Balaban J connectivity index is -0.000000163. The van der Waals surface area contributed by atoms with Crippen molar-refractivity contribution in [2.24, 2.45) is 0 Å². The van der Waals surface area contributed by atoms with Crippen LogP contribution in [-0.2, 0) is 32.6 Å². The molecule has 132 valence electrons. The van der Waals surface area contributed by atoms with Crippen molar-refractivity contribution in [3.8, 4) is 11.1 Å². The SMILES string of the molecule is Cl.Cl.[C-]1=CC=CC1.[CH3-].[CH3-].[CH3-].[Zr].[c-]1cccc2c1Cc1ccccc1-2. The number of hydrogen-bond acceptors (Lipinski definition) is 0. The maximum absolute atomic E-state index is 3.30. The largest absolute Gasteiger partial charge is 0.358 e. The van der Waals surface area contributed by atoms with Gasteiger partial charge in [0.05, 0.1) is 0 Å². The first-order chi connectivity index (χ1) is 8.95. The molecule has 4 rings (SSSR count). The third kappa shape index (κ3) is 7.51. The average molecular weight is 440 g/mol. The predicted molar refractivity (Wildman–Crippen MR) is 109 cm³/mol. The maximum Gasteiger partial charge on any atom is 0 e. The molecule has 3 heteroatoms. The van der Waals surface area contributed by atoms with E-state index in [-0.39, 0.29) is 73.3 Å². The summed E-state index contributed by atoms with van der Waals surface area (Å²) in [7, 11) is 0. The fourth-order valence-corrected chi connectivity index (χ4v) is 2.34. The second-order valence-electron chi connectivity index (χ2n) is 4.40. The predicted octanol–water partition coefficient (Wildman–Crippen LogP) is 6.56. The van der Waals surface area contributed by atoms with Crippen molar-refractivity contribution >= 4 is 24.8 Å². The molecule has 2 aliphatic carbocycles. The Morgan fingerprint density at radius 2 is 1.50 bits per heavy atom. The fraction of sp³-hybridized carbons (Fsp3) is 0.0952. The summed E-state index contributed by atoms with van der Waals surface area (Å²) in [6.45, 7) is 0. The van der Waals surface area contributed by atoms with E-state index in [1.165, 1.54) is 22.3 Å². The van der Waals surface area contributed by atoms with Crippen LogP contribution in [0.4, 0.5) is 0 Å². The molecule has 0 bridgehead atoms. The van der Waals surface area contributed by atoms with E-state index in [4.69, 9.17) is 0 Å². The Labute approximate surface area is 180 Å². The van der Waals surface area contributed by atoms with E-state index in [9.17, 15) is 0 Å². The molecule has 2 aromatic carbocycles. The molecule has 0 nitrogen and oxygen atoms in total. The van der Waals surface area contributed by atoms with E-state index < -0.39 is 0 Å². The molecule has 24 heavy (non-hydrogen) atoms. The van der Waals surface area contributed by atoms with Crippen molar-refractivity contribution in [3.63, 3.8) is 0 Å². The van der Waals surface area contributed by atoms with Gasteiger partial charge in [0, 0.05) is 26.2 Å². The van der Waals surface area contributed by atoms with Gasteiger partial charge in [-0.05, 0) is 6.42 Å². The van der Waals surface area contributed by atoms with Crippen molar-refractivity contribution in [2.75, 3.05) is 0 Å². The Morgan fingerprint density at radius 3 is 2.08 bits per heavy atom. The molecule has 0 fully saturated rings. The molecule has 0 saturated carbocycles. The molecule has 0 radical (unpaired) electrons. The second-order valence-corrected chi connectivity index (χ2v) is 4.40. The van der Waals surface area contributed by atoms with Crippen molar-refractivity contribution in [1.29, 1.82) is 0 Å². The van der Waals surface area contributed by atoms with E-state index >= 15 is 0 Å². The molecule has 0 unspecified atom stereocenters. The van der Waals surface area contributed by atoms with Gasteiger partial charge in [0.15, 0.2) is 0 Å². The van der Waals surface area contributed by atoms with Gasteiger partial charge in [0.25, 0.3) is 0 Å². The Morgan fingerprint density at radius 1 is 0.833 bits per heavy atom. The number of hydrogen-bond donors (Lipinski definition) is 0. The zero-order valence-corrected chi connectivity index (χ0v) is 18.6. The van der Waals surface area contributed by atoms with Gasteiger partial charge < -0.3 is 22.3 Å². The molecule has 0 N–H and O–H groups in total. The monoisotopic (exact) mass is 437 g/mol. The van der Waals surface area contributed by atoms with Crippen LogP contribution in [0.5, 0.6) is 0 Å². The first-order valence-corrected chi connectivity index (χ1v) is 6.25. The molecule has 0 amide bonds. The van der Waals surface area contributed by atoms with E-state index in [0.29, 0.717) is 0 Å². The standard InChI is InChI=1S/C13H9.C5H5.3CH3.2ClH.Zr/c1-3-7-12-10(5-1)9-11-6-2-4-8-13(11)12;1-2-4-5-3-1;;;;;;/h1-5,7-8H,9H2;1-3H,4H2;3*1H3;2*1H;/q5*-1;;;. The Hall–Kier alpha value is -0.617. The van der Waals surface area contributed by atoms with Crippen LogP contribution in [0.15, 0.2) is 60.7 Å². The number of rotatable bonds is 0. The summed E-state index contributed by atoms with van der Waals surface area (Å²) in [6.07, 6.45) is 11.0. The minimum atomic E-state index is 0. The van der Waals surface area contributed by atoms with Crippen molar-refractivity contribution < 1.29 is 26.2 Å². The molecule has 2 aromatic rings. The van der Waals surface area contributed by atoms with Crippen LogP contribution in [0, 0.1) is 34.4 Å². The summed E-state index contributed by atoms with van der Waals surface area (Å²) in [5.74, 6) is 0. The van der Waals surface area contributed by atoms with Crippen molar-refractivity contribution in [1.82, 2.24) is 0 Å². The third-order valence-corrected chi connectivity index (χ3v) is 3.20. The number of halogens is 2. The fourth-order valence-electron chi connectivity index (χ4n) is 2.34. The normalized spacial score (nSPS) is 10.3. The Kier molecular flexibility index (Phi) is 20.6. The van der Waals surface area contributed by atoms with Gasteiger partial charge in [-0.15, -0.1) is 36.8 Å². The summed E-state index contributed by atoms with van der Waals surface area (Å²) >= 11 is 0. The maximum atomic E-state index is 3.30. The van der Waals surface area contributed by atoms with Gasteiger partial charge in [-0.1, -0.05) is 35.4 Å². The molecular formula is C21H25Cl2Zr-5. The van der Waals surface area contributed by atoms with Crippen LogP contribution < -0.4 is 0 Å². The number of benzene rings is 2. The molecule has 0 saturated heterocycles. The van der Waals surface area contributed by atoms with Crippen LogP contribution in [-0.4, -0.2) is 0 Å². The quantitative estimate of drug-likeness (QED) is 0.348. The van der Waals surface area contributed by atoms with E-state index in [1.807, 2.05) is 18.2 Å². The number of fused-ring (bicyclic) bond motifs is 3. The first kappa shape index (κ1) is 31.2. The van der Waals surface area contributed by atoms with Crippen LogP contribution in [0.3, 0.4) is 0 Å². The smallest absolute Gasteiger partial charge is 0 e. The van der Waals surface area contributed by atoms with Gasteiger partial charge in [-0.25, -0.2) is 12.2 Å². The zero-order chi connectivity index (χ0) is 12.2. The molecule has 2 aliphatic rings. The van der Waals surface area contributed by atoms with E-state index in [1.54, 1.807) is 0 Å². The van der Waals surface area contributed by atoms with Gasteiger partial charge in [0.2, 0.25) is 0 Å². The van der Waals surface area contributed by atoms with Gasteiger partial charge >= 0.3 is 0 Å². The van der Waals surface area contributed by atoms with Crippen LogP contribution >= 0.6 is 24.8 Å². The molecule has 0 spiro atoms. The average Bonchev–Trinajstić information content (AvgIpc) is 3.10. The first-order valence-electron chi connectivity index (χ1n) is 6.25. The van der Waals surface area contributed by atoms with Crippen molar-refractivity contribution in [3.05, 3.63) is 106 Å². The molecule has 0 heterocycles. The zero-order valence-electron chi connectivity index (χ0n) is 14.5. The van der Waals surface area contributed by atoms with Crippen molar-refractivity contribution in [2.45, 2.75) is 12.8 Å². The minimum absolute atomic E-state index is 0. The molecule has 0 aromatic heterocycles. The Bertz CT molecular complexity index is 565. The van der Waals surface area contributed by atoms with Crippen LogP contribution in [0.2, 0.25) is 0 Å². The summed E-state index contributed by atoms with van der Waals surface area (Å²) in [5, 5.41) is 0. The van der Waals surface area contributed by atoms with Crippen LogP contribution in [0.1, 0.15) is 17.5 Å². The van der Waals surface area contributed by atoms with E-state index in [0.717, 1.165) is 12.8 Å². The van der Waals surface area contributed by atoms with E-state index in [2.05, 4.69) is 54.6 Å². The van der Waals surface area contributed by atoms with Gasteiger partial charge in [-0.2, -0.15) is 35.9 Å². The summed E-state index contributed by atoms with van der Waals surface area (Å²) in [4.78, 5) is 0. The molecule has 0 aliphatic heterocycles. The molecular weight excluding hydrogens is 414 g/mol.